The van der Waals surface area contributed by atoms with Gasteiger partial charge in [0.25, 0.3) is 0 Å². The maximum absolute atomic E-state index is 12.0. The van der Waals surface area contributed by atoms with Crippen LogP contribution in [-0.4, -0.2) is 27.1 Å². The molecule has 3 aromatic rings. The number of carbonyl (C=O) groups excluding carboxylic acids is 1. The molecular weight excluding hydrogens is 310 g/mol. The highest BCUT2D eigenvalue weighted by Crippen LogP contribution is 2.24. The molecule has 0 unspecified atom stereocenters. The number of rotatable bonds is 6. The van der Waals surface area contributed by atoms with Crippen LogP contribution in [0.3, 0.4) is 0 Å². The maximum atomic E-state index is 12.0. The lowest BCUT2D eigenvalue weighted by atomic mass is 10.1. The Balaban J connectivity index is 1.54. The van der Waals surface area contributed by atoms with Gasteiger partial charge in [0.05, 0.1) is 23.9 Å². The van der Waals surface area contributed by atoms with Crippen LogP contribution in [0.15, 0.2) is 48.1 Å². The number of nitrogens with one attached hydrogen (secondary N) is 1. The molecule has 1 atom stereocenters. The number of benzene rings is 1. The molecule has 2 heterocycles. The minimum absolute atomic E-state index is 0.0837. The minimum Gasteiger partial charge on any atom is -0.383 e. The minimum atomic E-state index is -1.04. The summed E-state index contributed by atoms with van der Waals surface area (Å²) in [6, 6.07) is 11.6. The third-order valence-corrected chi connectivity index (χ3v) is 4.91. The van der Waals surface area contributed by atoms with Gasteiger partial charge in [-0.05, 0) is 30.5 Å². The second kappa shape index (κ2) is 6.52. The van der Waals surface area contributed by atoms with E-state index in [0.29, 0.717) is 13.0 Å². The van der Waals surface area contributed by atoms with Crippen molar-refractivity contribution >= 4 is 28.3 Å². The number of aromatic nitrogens is 2. The van der Waals surface area contributed by atoms with E-state index in [-0.39, 0.29) is 12.5 Å². The van der Waals surface area contributed by atoms with Gasteiger partial charge in [-0.15, -0.1) is 11.3 Å². The Morgan fingerprint density at radius 2 is 2.17 bits per heavy atom. The van der Waals surface area contributed by atoms with Crippen molar-refractivity contribution in [2.45, 2.75) is 25.5 Å². The van der Waals surface area contributed by atoms with E-state index in [4.69, 9.17) is 0 Å². The first kappa shape index (κ1) is 15.7. The van der Waals surface area contributed by atoms with Crippen molar-refractivity contribution in [3.8, 4) is 0 Å². The van der Waals surface area contributed by atoms with E-state index in [1.54, 1.807) is 13.3 Å². The number of aryl methyl sites for hydroxylation is 1. The lowest BCUT2D eigenvalue weighted by Crippen LogP contribution is -2.38. The zero-order chi connectivity index (χ0) is 16.3. The number of thiophene rings is 1. The molecule has 0 saturated heterocycles. The zero-order valence-corrected chi connectivity index (χ0v) is 13.7. The summed E-state index contributed by atoms with van der Waals surface area (Å²) in [6.07, 6.45) is 2.10. The molecule has 1 aromatic carbocycles. The third kappa shape index (κ3) is 3.60. The van der Waals surface area contributed by atoms with Gasteiger partial charge in [0.1, 0.15) is 5.60 Å². The Morgan fingerprint density at radius 3 is 2.96 bits per heavy atom. The van der Waals surface area contributed by atoms with Crippen LogP contribution >= 0.6 is 11.3 Å². The van der Waals surface area contributed by atoms with Gasteiger partial charge in [-0.2, -0.15) is 0 Å². The standard InChI is InChI=1S/C17H19N3O2S/c1-17(22,15-7-4-10-23-15)11-18-16(21)8-9-20-12-19-13-5-2-3-6-14(13)20/h2-7,10,12,22H,8-9,11H2,1H3,(H,18,21)/t17-/m1/s1. The van der Waals surface area contributed by atoms with Crippen LogP contribution in [-0.2, 0) is 16.9 Å². The zero-order valence-electron chi connectivity index (χ0n) is 12.9. The molecular formula is C17H19N3O2S. The van der Waals surface area contributed by atoms with E-state index in [1.807, 2.05) is 46.3 Å². The number of hydrogen-bond donors (Lipinski definition) is 2. The summed E-state index contributed by atoms with van der Waals surface area (Å²) in [6.45, 7) is 2.48. The summed E-state index contributed by atoms with van der Waals surface area (Å²) < 4.78 is 1.96. The van der Waals surface area contributed by atoms with Crippen LogP contribution in [0.5, 0.6) is 0 Å². The Morgan fingerprint density at radius 1 is 1.35 bits per heavy atom. The molecule has 2 N–H and O–H groups in total. The molecule has 23 heavy (non-hydrogen) atoms. The van der Waals surface area contributed by atoms with E-state index >= 15 is 0 Å². The van der Waals surface area contributed by atoms with Crippen molar-refractivity contribution in [3.05, 3.63) is 53.0 Å². The first-order valence-electron chi connectivity index (χ1n) is 7.49. The van der Waals surface area contributed by atoms with Gasteiger partial charge in [-0.1, -0.05) is 18.2 Å². The van der Waals surface area contributed by atoms with Gasteiger partial charge in [0, 0.05) is 17.8 Å². The van der Waals surface area contributed by atoms with Crippen LogP contribution < -0.4 is 5.32 Å². The highest BCUT2D eigenvalue weighted by atomic mass is 32.1. The summed E-state index contributed by atoms with van der Waals surface area (Å²) in [4.78, 5) is 17.2. The lowest BCUT2D eigenvalue weighted by Gasteiger charge is -2.22. The molecule has 2 aromatic heterocycles. The Hall–Kier alpha value is -2.18. The lowest BCUT2D eigenvalue weighted by molar-refractivity contribution is -0.122. The average molecular weight is 329 g/mol. The molecule has 5 nitrogen and oxygen atoms in total. The summed E-state index contributed by atoms with van der Waals surface area (Å²) in [7, 11) is 0. The molecule has 0 bridgehead atoms. The predicted octanol–water partition coefficient (Wildman–Crippen LogP) is 2.51. The number of para-hydroxylation sites is 2. The van der Waals surface area contributed by atoms with Gasteiger partial charge < -0.3 is 15.0 Å². The van der Waals surface area contributed by atoms with E-state index in [1.165, 1.54) is 11.3 Å². The van der Waals surface area contributed by atoms with E-state index in [0.717, 1.165) is 15.9 Å². The van der Waals surface area contributed by atoms with E-state index in [9.17, 15) is 9.90 Å². The van der Waals surface area contributed by atoms with Crippen molar-refractivity contribution < 1.29 is 9.90 Å². The molecule has 3 rings (SSSR count). The molecule has 0 aliphatic heterocycles. The van der Waals surface area contributed by atoms with Gasteiger partial charge in [-0.25, -0.2) is 4.98 Å². The normalized spacial score (nSPS) is 13.8. The SMILES string of the molecule is C[C@@](O)(CNC(=O)CCn1cnc2ccccc21)c1cccs1. The van der Waals surface area contributed by atoms with Crippen LogP contribution in [0, 0.1) is 0 Å². The first-order valence-corrected chi connectivity index (χ1v) is 8.37. The second-order valence-electron chi connectivity index (χ2n) is 5.70. The highest BCUT2D eigenvalue weighted by molar-refractivity contribution is 7.10. The van der Waals surface area contributed by atoms with Crippen LogP contribution in [0.25, 0.3) is 11.0 Å². The Kier molecular flexibility index (Phi) is 4.45. The largest absolute Gasteiger partial charge is 0.383 e. The van der Waals surface area contributed by atoms with Crippen molar-refractivity contribution in [2.75, 3.05) is 6.54 Å². The number of nitrogens with zero attached hydrogens (tertiary/aromatic N) is 2. The number of amides is 1. The quantitative estimate of drug-likeness (QED) is 0.730. The number of hydrogen-bond acceptors (Lipinski definition) is 4. The number of fused-ring (bicyclic) bond motifs is 1. The molecule has 1 amide bonds. The van der Waals surface area contributed by atoms with Crippen molar-refractivity contribution in [2.24, 2.45) is 0 Å². The summed E-state index contributed by atoms with van der Waals surface area (Å²) in [5, 5.41) is 15.1. The van der Waals surface area contributed by atoms with Crippen LogP contribution in [0.1, 0.15) is 18.2 Å². The monoisotopic (exact) mass is 329 g/mol. The molecule has 0 saturated carbocycles. The highest BCUT2D eigenvalue weighted by Gasteiger charge is 2.24. The second-order valence-corrected chi connectivity index (χ2v) is 6.65. The summed E-state index contributed by atoms with van der Waals surface area (Å²) in [5.41, 5.74) is 0.908. The fourth-order valence-electron chi connectivity index (χ4n) is 2.44. The predicted molar refractivity (Wildman–Crippen MR) is 91.2 cm³/mol. The molecule has 0 aliphatic rings. The topological polar surface area (TPSA) is 67.2 Å². The number of imidazole rings is 1. The van der Waals surface area contributed by atoms with Crippen molar-refractivity contribution in [1.29, 1.82) is 0 Å². The molecule has 6 heteroatoms. The molecule has 120 valence electrons. The van der Waals surface area contributed by atoms with E-state index in [2.05, 4.69) is 10.3 Å². The summed E-state index contributed by atoms with van der Waals surface area (Å²) in [5.74, 6) is -0.0837. The van der Waals surface area contributed by atoms with Crippen molar-refractivity contribution in [1.82, 2.24) is 14.9 Å². The average Bonchev–Trinajstić information content (AvgIpc) is 3.21. The fourth-order valence-corrected chi connectivity index (χ4v) is 3.23. The Labute approximate surface area is 138 Å². The summed E-state index contributed by atoms with van der Waals surface area (Å²) >= 11 is 1.48. The fraction of sp³-hybridized carbons (Fsp3) is 0.294. The van der Waals surface area contributed by atoms with Crippen LogP contribution in [0.2, 0.25) is 0 Å². The smallest absolute Gasteiger partial charge is 0.221 e. The van der Waals surface area contributed by atoms with Gasteiger partial charge >= 0.3 is 0 Å². The molecule has 0 fully saturated rings. The molecule has 0 spiro atoms. The number of aliphatic hydroxyl groups is 1. The van der Waals surface area contributed by atoms with E-state index < -0.39 is 5.60 Å². The van der Waals surface area contributed by atoms with Crippen LogP contribution in [0.4, 0.5) is 0 Å². The Bertz CT molecular complexity index is 793. The van der Waals surface area contributed by atoms with Gasteiger partial charge in [0.15, 0.2) is 0 Å². The van der Waals surface area contributed by atoms with Crippen molar-refractivity contribution in [3.63, 3.8) is 0 Å². The maximum Gasteiger partial charge on any atom is 0.221 e. The van der Waals surface area contributed by atoms with Gasteiger partial charge in [0.2, 0.25) is 5.91 Å². The first-order chi connectivity index (χ1) is 11.1. The molecule has 0 aliphatic carbocycles. The number of carbonyl (C=O) groups is 1. The van der Waals surface area contributed by atoms with Gasteiger partial charge in [-0.3, -0.25) is 4.79 Å². The molecule has 0 radical (unpaired) electrons. The third-order valence-electron chi connectivity index (χ3n) is 3.79.